The summed E-state index contributed by atoms with van der Waals surface area (Å²) in [6, 6.07) is 17.0. The number of imidazole rings is 1. The van der Waals surface area contributed by atoms with Gasteiger partial charge in [-0.3, -0.25) is 4.79 Å². The lowest BCUT2D eigenvalue weighted by atomic mass is 9.76. The molecule has 13 heteroatoms. The predicted molar refractivity (Wildman–Crippen MR) is 174 cm³/mol. The van der Waals surface area contributed by atoms with Crippen LogP contribution in [0.3, 0.4) is 0 Å². The number of hydrazone groups is 1. The number of nitro groups is 1. The van der Waals surface area contributed by atoms with E-state index in [2.05, 4.69) is 27.1 Å². The van der Waals surface area contributed by atoms with Gasteiger partial charge in [0.15, 0.2) is 17.3 Å². The number of ether oxygens (including phenoxy) is 3. The number of aromatic nitrogens is 3. The molecular weight excluding hydrogens is 602 g/mol. The van der Waals surface area contributed by atoms with Crippen molar-refractivity contribution in [2.45, 2.75) is 38.3 Å². The highest BCUT2D eigenvalue weighted by Crippen LogP contribution is 2.39. The van der Waals surface area contributed by atoms with Crippen LogP contribution in [0.15, 0.2) is 78.0 Å². The maximum absolute atomic E-state index is 13.9. The van der Waals surface area contributed by atoms with Crippen LogP contribution in [0.1, 0.15) is 36.8 Å². The number of hydrogen-bond acceptors (Lipinski definition) is 10. The molecule has 2 atom stereocenters. The molecule has 4 aromatic rings. The zero-order valence-corrected chi connectivity index (χ0v) is 26.2. The number of rotatable bonds is 9. The Bertz CT molecular complexity index is 1880. The molecule has 0 radical (unpaired) electrons. The number of allylic oxidation sites excluding steroid dienone is 2. The summed E-state index contributed by atoms with van der Waals surface area (Å²) in [5.41, 5.74) is 3.08. The van der Waals surface area contributed by atoms with Gasteiger partial charge in [0.25, 0.3) is 0 Å². The maximum Gasteiger partial charge on any atom is 0.368 e. The highest BCUT2D eigenvalue weighted by molar-refractivity contribution is 6.07. The summed E-state index contributed by atoms with van der Waals surface area (Å²) in [7, 11) is 3.25. The van der Waals surface area contributed by atoms with Crippen LogP contribution in [0, 0.1) is 22.0 Å². The molecule has 3 aliphatic rings. The summed E-state index contributed by atoms with van der Waals surface area (Å²) < 4.78 is 18.7. The van der Waals surface area contributed by atoms with E-state index in [1.165, 1.54) is 10.7 Å². The number of para-hydroxylation sites is 1. The predicted octanol–water partition coefficient (Wildman–Crippen LogP) is 5.03. The molecule has 47 heavy (non-hydrogen) atoms. The number of carbonyl (C=O) groups is 1. The van der Waals surface area contributed by atoms with Gasteiger partial charge in [0.1, 0.15) is 18.6 Å². The third kappa shape index (κ3) is 5.73. The Morgan fingerprint density at radius 3 is 2.47 bits per heavy atom. The Morgan fingerprint density at radius 1 is 0.936 bits per heavy atom. The fourth-order valence-electron chi connectivity index (χ4n) is 6.74. The first-order chi connectivity index (χ1) is 22.9. The molecular formula is C34H35N7O6. The standard InChI is InChI=1S/C34H35N7O6/c1-45-27-10-6-3-7-23(27)21-47-29-19-22(11-12-28(29)46-2)33-25-8-4-5-9-26(25)34(42)39(37-33)24-15-17-38(18-16-24)31-14-13-30-35-20-32(41(43)44)40(30)36-31/h3-7,10-14,19-20,24-26H,8-9,15-18,21H2,1-2H3/t25-,26-/m0/s1. The second-order valence-corrected chi connectivity index (χ2v) is 11.8. The van der Waals surface area contributed by atoms with E-state index in [9.17, 15) is 14.9 Å². The van der Waals surface area contributed by atoms with E-state index >= 15 is 0 Å². The van der Waals surface area contributed by atoms with Crippen molar-refractivity contribution in [1.29, 1.82) is 0 Å². The van der Waals surface area contributed by atoms with Gasteiger partial charge in [-0.15, -0.1) is 0 Å². The Labute approximate surface area is 271 Å². The van der Waals surface area contributed by atoms with Crippen LogP contribution in [-0.2, 0) is 11.4 Å². The van der Waals surface area contributed by atoms with Gasteiger partial charge in [-0.05, 0) is 60.9 Å². The zero-order chi connectivity index (χ0) is 32.5. The van der Waals surface area contributed by atoms with Gasteiger partial charge in [0.2, 0.25) is 11.6 Å². The van der Waals surface area contributed by atoms with Crippen LogP contribution in [0.25, 0.3) is 5.65 Å². The van der Waals surface area contributed by atoms with E-state index in [1.807, 2.05) is 48.5 Å². The third-order valence-corrected chi connectivity index (χ3v) is 9.23. The molecule has 0 saturated carbocycles. The van der Waals surface area contributed by atoms with Crippen molar-refractivity contribution in [3.63, 3.8) is 0 Å². The quantitative estimate of drug-likeness (QED) is 0.141. The first-order valence-corrected chi connectivity index (χ1v) is 15.7. The lowest BCUT2D eigenvalue weighted by Gasteiger charge is -2.42. The number of benzene rings is 2. The van der Waals surface area contributed by atoms with Crippen LogP contribution in [0.5, 0.6) is 17.2 Å². The van der Waals surface area contributed by atoms with E-state index in [0.717, 1.165) is 29.0 Å². The van der Waals surface area contributed by atoms with Crippen molar-refractivity contribution in [2.75, 3.05) is 32.2 Å². The normalized spacial score (nSPS) is 19.8. The molecule has 2 aromatic heterocycles. The fourth-order valence-corrected chi connectivity index (χ4v) is 6.74. The average molecular weight is 638 g/mol. The summed E-state index contributed by atoms with van der Waals surface area (Å²) in [6.45, 7) is 1.54. The second-order valence-electron chi connectivity index (χ2n) is 11.8. The lowest BCUT2D eigenvalue weighted by molar-refractivity contribution is -0.391. The molecule has 2 aromatic carbocycles. The smallest absolute Gasteiger partial charge is 0.368 e. The highest BCUT2D eigenvalue weighted by atomic mass is 16.6. The molecule has 0 bridgehead atoms. The first kappa shape index (κ1) is 30.2. The maximum atomic E-state index is 13.9. The summed E-state index contributed by atoms with van der Waals surface area (Å²) in [6.07, 6.45) is 8.19. The Kier molecular flexibility index (Phi) is 8.19. The van der Waals surface area contributed by atoms with Crippen LogP contribution < -0.4 is 19.1 Å². The Morgan fingerprint density at radius 2 is 1.70 bits per heavy atom. The van der Waals surface area contributed by atoms with Crippen molar-refractivity contribution < 1.29 is 23.9 Å². The second kappa shape index (κ2) is 12.7. The van der Waals surface area contributed by atoms with E-state index in [4.69, 9.17) is 19.3 Å². The molecule has 1 aliphatic carbocycles. The van der Waals surface area contributed by atoms with Gasteiger partial charge in [0, 0.05) is 36.2 Å². The van der Waals surface area contributed by atoms with E-state index in [-0.39, 0.29) is 29.6 Å². The van der Waals surface area contributed by atoms with Crippen molar-refractivity contribution in [2.24, 2.45) is 16.9 Å². The molecule has 1 fully saturated rings. The van der Waals surface area contributed by atoms with Crippen molar-refractivity contribution in [3.05, 3.63) is 94.2 Å². The van der Waals surface area contributed by atoms with Crippen LogP contribution in [0.4, 0.5) is 11.6 Å². The summed E-state index contributed by atoms with van der Waals surface area (Å²) in [5, 5.41) is 22.7. The number of fused-ring (bicyclic) bond motifs is 2. The topological polar surface area (TPSA) is 137 Å². The number of anilines is 1. The first-order valence-electron chi connectivity index (χ1n) is 15.7. The Balaban J connectivity index is 1.14. The summed E-state index contributed by atoms with van der Waals surface area (Å²) >= 11 is 0. The molecule has 13 nitrogen and oxygen atoms in total. The fraction of sp³-hybridized carbons (Fsp3) is 0.353. The average Bonchev–Trinajstić information content (AvgIpc) is 3.55. The van der Waals surface area contributed by atoms with E-state index < -0.39 is 4.92 Å². The number of amides is 1. The number of carbonyl (C=O) groups excluding carboxylic acids is 1. The van der Waals surface area contributed by atoms with Gasteiger partial charge in [-0.25, -0.2) is 9.99 Å². The number of hydrogen-bond donors (Lipinski definition) is 0. The monoisotopic (exact) mass is 637 g/mol. The van der Waals surface area contributed by atoms with E-state index in [0.29, 0.717) is 61.9 Å². The highest BCUT2D eigenvalue weighted by Gasteiger charge is 2.43. The van der Waals surface area contributed by atoms with Crippen LogP contribution >= 0.6 is 0 Å². The lowest BCUT2D eigenvalue weighted by Crippen LogP contribution is -2.52. The third-order valence-electron chi connectivity index (χ3n) is 9.23. The van der Waals surface area contributed by atoms with Crippen molar-refractivity contribution in [3.8, 4) is 17.2 Å². The van der Waals surface area contributed by atoms with E-state index in [1.54, 1.807) is 25.3 Å². The van der Waals surface area contributed by atoms with Crippen molar-refractivity contribution in [1.82, 2.24) is 19.6 Å². The van der Waals surface area contributed by atoms with Gasteiger partial charge < -0.3 is 29.2 Å². The molecule has 2 aliphatic heterocycles. The summed E-state index contributed by atoms with van der Waals surface area (Å²) in [4.78, 5) is 31.0. The molecule has 1 amide bonds. The largest absolute Gasteiger partial charge is 0.496 e. The summed E-state index contributed by atoms with van der Waals surface area (Å²) in [5.74, 6) is 2.20. The minimum Gasteiger partial charge on any atom is -0.496 e. The van der Waals surface area contributed by atoms with Crippen LogP contribution in [0.2, 0.25) is 0 Å². The molecule has 4 heterocycles. The van der Waals surface area contributed by atoms with Gasteiger partial charge in [0.05, 0.1) is 31.9 Å². The Hall–Kier alpha value is -5.46. The number of piperidine rings is 1. The van der Waals surface area contributed by atoms with Crippen LogP contribution in [-0.4, -0.2) is 69.5 Å². The zero-order valence-electron chi connectivity index (χ0n) is 26.2. The minimum absolute atomic E-state index is 0.0406. The van der Waals surface area contributed by atoms with Gasteiger partial charge in [-0.1, -0.05) is 40.0 Å². The SMILES string of the molecule is COc1ccccc1COc1cc(C2=NN(C3CCN(c4ccc5ncc([N+](=O)[O-])n5n4)CC3)C(=O)[C@H]3CC=CC[C@H]23)ccc1OC. The molecule has 1 saturated heterocycles. The molecule has 242 valence electrons. The van der Waals surface area contributed by atoms with Crippen molar-refractivity contribution >= 4 is 28.9 Å². The van der Waals surface area contributed by atoms with Gasteiger partial charge >= 0.3 is 5.82 Å². The number of methoxy groups -OCH3 is 2. The molecule has 0 spiro atoms. The minimum atomic E-state index is -0.493. The number of nitrogens with zero attached hydrogens (tertiary/aromatic N) is 7. The molecule has 0 N–H and O–H groups in total. The molecule has 0 unspecified atom stereocenters. The molecule has 7 rings (SSSR count). The van der Waals surface area contributed by atoms with Gasteiger partial charge in [-0.2, -0.15) is 5.10 Å².